The molecule has 0 bridgehead atoms. The summed E-state index contributed by atoms with van der Waals surface area (Å²) in [5.74, 6) is -0.695. The lowest BCUT2D eigenvalue weighted by atomic mass is 9.94. The number of sulfonamides is 2. The monoisotopic (exact) mass is 583 g/mol. The first-order chi connectivity index (χ1) is 17.9. The van der Waals surface area contributed by atoms with Crippen molar-refractivity contribution >= 4 is 62.2 Å². The van der Waals surface area contributed by atoms with E-state index in [4.69, 9.17) is 17.2 Å². The molecule has 0 aliphatic carbocycles. The molecule has 0 unspecified atom stereocenters. The second-order valence-corrected chi connectivity index (χ2v) is 14.2. The number of nitrogens with two attached hydrogens (primary N) is 3. The number of hydrogen-bond acceptors (Lipinski definition) is 10. The fraction of sp³-hybridized carbons (Fsp3) is 0.304. The standard InChI is InChI=1S/C23H29N5O7S3/c24-6-1-11-36(30,31)19-13-21(38(34,35)28-10-8-26)17-5-4-16-20(37(32,33)27-9-7-25)12-18(29)14-2-3-15(19)23(17)22(14)16/h2-5,12-13,27-29H,1,6-11,24-26H2. The number of hydrogen-bond donors (Lipinski definition) is 6. The Balaban J connectivity index is 2.21. The lowest BCUT2D eigenvalue weighted by Crippen LogP contribution is -2.29. The molecular formula is C23H29N5O7S3. The molecule has 4 aromatic rings. The zero-order valence-corrected chi connectivity index (χ0v) is 22.7. The van der Waals surface area contributed by atoms with E-state index in [2.05, 4.69) is 9.44 Å². The first-order valence-corrected chi connectivity index (χ1v) is 16.3. The molecular weight excluding hydrogens is 554 g/mol. The van der Waals surface area contributed by atoms with Crippen LogP contribution in [-0.2, 0) is 29.9 Å². The van der Waals surface area contributed by atoms with E-state index in [1.165, 1.54) is 24.3 Å². The van der Waals surface area contributed by atoms with Crippen LogP contribution in [0, 0.1) is 0 Å². The van der Waals surface area contributed by atoms with Crippen LogP contribution in [0.3, 0.4) is 0 Å². The van der Waals surface area contributed by atoms with Gasteiger partial charge in [-0.3, -0.25) is 0 Å². The topological polar surface area (TPSA) is 225 Å². The molecule has 15 heteroatoms. The van der Waals surface area contributed by atoms with Crippen LogP contribution >= 0.6 is 0 Å². The summed E-state index contributed by atoms with van der Waals surface area (Å²) in [6.45, 7) is 0.0221. The molecule has 0 atom stereocenters. The fourth-order valence-corrected chi connectivity index (χ4v) is 8.69. The second-order valence-electron chi connectivity index (χ2n) is 8.67. The first-order valence-electron chi connectivity index (χ1n) is 11.7. The Morgan fingerprint density at radius 2 is 1.08 bits per heavy atom. The van der Waals surface area contributed by atoms with Crippen molar-refractivity contribution in [2.75, 3.05) is 38.5 Å². The summed E-state index contributed by atoms with van der Waals surface area (Å²) in [5, 5.41) is 12.0. The highest BCUT2D eigenvalue weighted by molar-refractivity contribution is 7.92. The van der Waals surface area contributed by atoms with Crippen molar-refractivity contribution < 1.29 is 30.4 Å². The molecule has 0 amide bonds. The maximum absolute atomic E-state index is 13.4. The number of rotatable bonds is 12. The Labute approximate surface area is 220 Å². The van der Waals surface area contributed by atoms with Crippen molar-refractivity contribution in [1.29, 1.82) is 0 Å². The summed E-state index contributed by atoms with van der Waals surface area (Å²) in [6, 6.07) is 8.02. The van der Waals surface area contributed by atoms with Gasteiger partial charge in [0, 0.05) is 64.6 Å². The van der Waals surface area contributed by atoms with Crippen LogP contribution in [0.5, 0.6) is 5.75 Å². The Morgan fingerprint density at radius 3 is 1.58 bits per heavy atom. The maximum atomic E-state index is 13.4. The third-order valence-corrected chi connectivity index (χ3v) is 11.0. The molecule has 4 rings (SSSR count). The van der Waals surface area contributed by atoms with E-state index in [0.717, 1.165) is 12.1 Å². The van der Waals surface area contributed by atoms with E-state index >= 15 is 0 Å². The molecule has 0 fully saturated rings. The molecule has 0 aliphatic rings. The quantitative estimate of drug-likeness (QED) is 0.121. The van der Waals surface area contributed by atoms with E-state index in [0.29, 0.717) is 0 Å². The van der Waals surface area contributed by atoms with Gasteiger partial charge in [-0.1, -0.05) is 18.2 Å². The number of nitrogens with one attached hydrogen (secondary N) is 2. The Morgan fingerprint density at radius 1 is 0.632 bits per heavy atom. The normalized spacial score (nSPS) is 13.2. The van der Waals surface area contributed by atoms with E-state index < -0.39 is 29.9 Å². The van der Waals surface area contributed by atoms with Crippen LogP contribution in [-0.4, -0.2) is 68.8 Å². The number of sulfone groups is 1. The number of aromatic hydroxyl groups is 1. The largest absolute Gasteiger partial charge is 0.507 e. The molecule has 0 aliphatic heterocycles. The summed E-state index contributed by atoms with van der Waals surface area (Å²) < 4.78 is 84.2. The smallest absolute Gasteiger partial charge is 0.241 e. The van der Waals surface area contributed by atoms with Gasteiger partial charge < -0.3 is 22.3 Å². The molecule has 9 N–H and O–H groups in total. The lowest BCUT2D eigenvalue weighted by molar-refractivity contribution is 0.480. The van der Waals surface area contributed by atoms with Gasteiger partial charge in [-0.05, 0) is 25.1 Å². The summed E-state index contributed by atoms with van der Waals surface area (Å²) in [7, 11) is -12.4. The molecule has 4 aromatic carbocycles. The molecule has 0 saturated carbocycles. The summed E-state index contributed by atoms with van der Waals surface area (Å²) in [5.41, 5.74) is 16.4. The number of benzene rings is 4. The second kappa shape index (κ2) is 10.5. The molecule has 206 valence electrons. The lowest BCUT2D eigenvalue weighted by Gasteiger charge is -2.20. The van der Waals surface area contributed by atoms with Crippen molar-refractivity contribution in [3.8, 4) is 5.75 Å². The van der Waals surface area contributed by atoms with Crippen LogP contribution in [0.4, 0.5) is 0 Å². The third kappa shape index (κ3) is 4.91. The van der Waals surface area contributed by atoms with Gasteiger partial charge in [0.1, 0.15) is 5.75 Å². The summed E-state index contributed by atoms with van der Waals surface area (Å²) in [4.78, 5) is -0.810. The first kappa shape index (κ1) is 28.4. The third-order valence-electron chi connectivity index (χ3n) is 6.17. The maximum Gasteiger partial charge on any atom is 0.241 e. The fourth-order valence-electron chi connectivity index (χ4n) is 4.51. The number of phenolic OH excluding ortho intramolecular Hbond substituents is 1. The van der Waals surface area contributed by atoms with Crippen LogP contribution in [0.25, 0.3) is 32.3 Å². The molecule has 0 saturated heterocycles. The van der Waals surface area contributed by atoms with Crippen molar-refractivity contribution in [2.24, 2.45) is 17.2 Å². The number of phenols is 1. The minimum Gasteiger partial charge on any atom is -0.507 e. The van der Waals surface area contributed by atoms with Crippen LogP contribution in [0.1, 0.15) is 6.42 Å². The average molecular weight is 584 g/mol. The predicted octanol–water partition coefficient (Wildman–Crippen LogP) is -0.114. The zero-order chi connectivity index (χ0) is 27.9. The predicted molar refractivity (Wildman–Crippen MR) is 146 cm³/mol. The highest BCUT2D eigenvalue weighted by Crippen LogP contribution is 2.45. The van der Waals surface area contributed by atoms with Gasteiger partial charge in [0.25, 0.3) is 0 Å². The van der Waals surface area contributed by atoms with Crippen LogP contribution < -0.4 is 26.6 Å². The van der Waals surface area contributed by atoms with Gasteiger partial charge in [-0.2, -0.15) is 0 Å². The molecule has 38 heavy (non-hydrogen) atoms. The summed E-state index contributed by atoms with van der Waals surface area (Å²) in [6.07, 6.45) is 0.147. The van der Waals surface area contributed by atoms with E-state index in [-0.39, 0.29) is 97.7 Å². The molecule has 12 nitrogen and oxygen atoms in total. The van der Waals surface area contributed by atoms with Gasteiger partial charge in [0.2, 0.25) is 20.0 Å². The van der Waals surface area contributed by atoms with Gasteiger partial charge in [0.15, 0.2) is 9.84 Å². The van der Waals surface area contributed by atoms with Crippen molar-refractivity contribution in [3.63, 3.8) is 0 Å². The molecule has 0 radical (unpaired) electrons. The Hall–Kier alpha value is -2.63. The Kier molecular flexibility index (Phi) is 7.84. The van der Waals surface area contributed by atoms with Crippen LogP contribution in [0.2, 0.25) is 0 Å². The average Bonchev–Trinajstić information content (AvgIpc) is 2.88. The molecule has 0 spiro atoms. The summed E-state index contributed by atoms with van der Waals surface area (Å²) >= 11 is 0. The van der Waals surface area contributed by atoms with E-state index in [1.807, 2.05) is 0 Å². The van der Waals surface area contributed by atoms with Crippen LogP contribution in [0.15, 0.2) is 51.1 Å². The van der Waals surface area contributed by atoms with Gasteiger partial charge >= 0.3 is 0 Å². The van der Waals surface area contributed by atoms with Gasteiger partial charge in [0.05, 0.1) is 20.4 Å². The van der Waals surface area contributed by atoms with Crippen molar-refractivity contribution in [3.05, 3.63) is 36.4 Å². The minimum atomic E-state index is -4.24. The molecule has 0 heterocycles. The van der Waals surface area contributed by atoms with Gasteiger partial charge in [-0.15, -0.1) is 0 Å². The Bertz CT molecular complexity index is 1780. The van der Waals surface area contributed by atoms with E-state index in [9.17, 15) is 30.4 Å². The van der Waals surface area contributed by atoms with Gasteiger partial charge in [-0.25, -0.2) is 34.7 Å². The van der Waals surface area contributed by atoms with Crippen molar-refractivity contribution in [1.82, 2.24) is 9.44 Å². The molecule has 0 aromatic heterocycles. The highest BCUT2D eigenvalue weighted by Gasteiger charge is 2.29. The zero-order valence-electron chi connectivity index (χ0n) is 20.3. The minimum absolute atomic E-state index is 0.0115. The SMILES string of the molecule is NCCCS(=O)(=O)c1cc(S(=O)(=O)NCCN)c2ccc3c(S(=O)(=O)NCCN)cc(O)c4ccc1c2c43. The van der Waals surface area contributed by atoms with Crippen molar-refractivity contribution in [2.45, 2.75) is 21.1 Å². The van der Waals surface area contributed by atoms with E-state index in [1.54, 1.807) is 0 Å². The highest BCUT2D eigenvalue weighted by atomic mass is 32.2.